The van der Waals surface area contributed by atoms with Crippen molar-refractivity contribution in [2.45, 2.75) is 34.1 Å². The van der Waals surface area contributed by atoms with Gasteiger partial charge >= 0.3 is 51.4 Å². The molecule has 23 heavy (non-hydrogen) atoms. The number of hydrogen-bond donors (Lipinski definition) is 0. The number of esters is 1. The summed E-state index contributed by atoms with van der Waals surface area (Å²) in [4.78, 5) is 12.1. The number of hydrogen-bond acceptors (Lipinski definition) is 2. The van der Waals surface area contributed by atoms with Crippen molar-refractivity contribution in [3.8, 4) is 16.9 Å². The van der Waals surface area contributed by atoms with Crippen LogP contribution in [-0.2, 0) is 4.79 Å². The molecule has 0 N–H and O–H groups in total. The second kappa shape index (κ2) is 9.04. The first-order chi connectivity index (χ1) is 10.3. The molecule has 0 spiro atoms. The molecular weight excluding hydrogens is 311 g/mol. The van der Waals surface area contributed by atoms with Crippen LogP contribution in [-0.4, -0.2) is 5.97 Å². The molecule has 116 valence electrons. The van der Waals surface area contributed by atoms with E-state index >= 15 is 0 Å². The molecule has 0 amide bonds. The molecular formula is C20H23KO2. The fraction of sp³-hybridized carbons (Fsp3) is 0.300. The number of carbonyl (C=O) groups excluding carboxylic acids is 1. The molecule has 2 rings (SSSR count). The zero-order chi connectivity index (χ0) is 16.2. The maximum absolute atomic E-state index is 12.1. The van der Waals surface area contributed by atoms with Gasteiger partial charge in [0, 0.05) is 0 Å². The zero-order valence-electron chi connectivity index (χ0n) is 14.7. The molecule has 2 nitrogen and oxygen atoms in total. The normalized spacial score (nSPS) is 10.6. The standard InChI is InChI=1S/C20H23O2.K/c1-15(14-20(2,3)4)19(21)22-18-12-10-17(11-13-18)16-8-6-5-7-9-16;/h5-13H,14H2,1-4H3;/q-1;+1. The predicted molar refractivity (Wildman–Crippen MR) is 90.5 cm³/mol. The van der Waals surface area contributed by atoms with Crippen molar-refractivity contribution in [1.82, 2.24) is 0 Å². The average molecular weight is 334 g/mol. The van der Waals surface area contributed by atoms with Crippen LogP contribution < -0.4 is 56.1 Å². The van der Waals surface area contributed by atoms with Gasteiger partial charge in [-0.05, 0) is 23.3 Å². The van der Waals surface area contributed by atoms with E-state index in [1.54, 1.807) is 0 Å². The first-order valence-corrected chi connectivity index (χ1v) is 7.55. The second-order valence-corrected chi connectivity index (χ2v) is 6.80. The van der Waals surface area contributed by atoms with E-state index in [4.69, 9.17) is 4.74 Å². The number of carbonyl (C=O) groups is 1. The molecule has 0 saturated carbocycles. The molecule has 0 bridgehead atoms. The number of benzene rings is 2. The molecule has 0 aliphatic heterocycles. The van der Waals surface area contributed by atoms with Gasteiger partial charge in [0.25, 0.3) is 0 Å². The van der Waals surface area contributed by atoms with Crippen LogP contribution in [0.15, 0.2) is 54.6 Å². The average Bonchev–Trinajstić information content (AvgIpc) is 2.47. The van der Waals surface area contributed by atoms with Crippen LogP contribution in [0.4, 0.5) is 0 Å². The summed E-state index contributed by atoms with van der Waals surface area (Å²) in [5.41, 5.74) is 2.34. The molecule has 0 aliphatic rings. The Hall–Kier alpha value is -0.584. The maximum Gasteiger partial charge on any atom is 1.00 e. The summed E-state index contributed by atoms with van der Waals surface area (Å²) in [7, 11) is 0. The van der Waals surface area contributed by atoms with Gasteiger partial charge < -0.3 is 4.74 Å². The van der Waals surface area contributed by atoms with E-state index in [1.807, 2.05) is 49.4 Å². The van der Waals surface area contributed by atoms with Gasteiger partial charge in [-0.25, -0.2) is 0 Å². The molecule has 0 saturated heterocycles. The quantitative estimate of drug-likeness (QED) is 0.371. The minimum absolute atomic E-state index is 0. The van der Waals surface area contributed by atoms with Crippen molar-refractivity contribution in [2.24, 2.45) is 5.41 Å². The molecule has 2 aromatic rings. The summed E-state index contributed by atoms with van der Waals surface area (Å²) < 4.78 is 5.44. The third kappa shape index (κ3) is 6.82. The Balaban J connectivity index is 0.00000264. The first-order valence-electron chi connectivity index (χ1n) is 7.55. The van der Waals surface area contributed by atoms with Crippen molar-refractivity contribution in [1.29, 1.82) is 0 Å². The van der Waals surface area contributed by atoms with Gasteiger partial charge in [-0.3, -0.25) is 10.7 Å². The summed E-state index contributed by atoms with van der Waals surface area (Å²) in [5, 5.41) is 0. The van der Waals surface area contributed by atoms with Gasteiger partial charge in [0.1, 0.15) is 5.75 Å². The van der Waals surface area contributed by atoms with E-state index in [1.165, 1.54) is 0 Å². The van der Waals surface area contributed by atoms with Gasteiger partial charge in [0.15, 0.2) is 5.97 Å². The van der Waals surface area contributed by atoms with Crippen LogP contribution >= 0.6 is 0 Å². The molecule has 3 heteroatoms. The maximum atomic E-state index is 12.1. The SMILES string of the molecule is C[C-](CC(C)(C)C)C(=O)Oc1ccc(-c2ccccc2)cc1.[K+]. The monoisotopic (exact) mass is 334 g/mol. The summed E-state index contributed by atoms with van der Waals surface area (Å²) in [6.45, 7) is 8.17. The largest absolute Gasteiger partial charge is 1.00 e. The molecule has 0 aliphatic carbocycles. The Bertz CT molecular complexity index is 612. The Labute approximate surface area is 182 Å². The molecule has 0 atom stereocenters. The topological polar surface area (TPSA) is 26.3 Å². The predicted octanol–water partition coefficient (Wildman–Crippen LogP) is 2.29. The Kier molecular flexibility index (Phi) is 8.05. The van der Waals surface area contributed by atoms with Crippen LogP contribution in [0.25, 0.3) is 11.1 Å². The van der Waals surface area contributed by atoms with Crippen LogP contribution in [0.5, 0.6) is 5.75 Å². The van der Waals surface area contributed by atoms with Crippen LogP contribution in [0.2, 0.25) is 0 Å². The van der Waals surface area contributed by atoms with E-state index in [0.29, 0.717) is 5.75 Å². The van der Waals surface area contributed by atoms with Crippen molar-refractivity contribution < 1.29 is 60.9 Å². The number of rotatable bonds is 4. The van der Waals surface area contributed by atoms with E-state index < -0.39 is 0 Å². The summed E-state index contributed by atoms with van der Waals surface area (Å²) in [6, 6.07) is 17.7. The fourth-order valence-corrected chi connectivity index (χ4v) is 2.41. The van der Waals surface area contributed by atoms with Gasteiger partial charge in [0.2, 0.25) is 0 Å². The molecule has 0 fully saturated rings. The van der Waals surface area contributed by atoms with Crippen LogP contribution in [0.3, 0.4) is 0 Å². The molecule has 0 heterocycles. The van der Waals surface area contributed by atoms with Gasteiger partial charge in [0.05, 0.1) is 0 Å². The molecule has 0 radical (unpaired) electrons. The Morgan fingerprint density at radius 1 is 0.957 bits per heavy atom. The van der Waals surface area contributed by atoms with Crippen molar-refractivity contribution >= 4 is 5.97 Å². The van der Waals surface area contributed by atoms with Gasteiger partial charge in [-0.2, -0.15) is 13.3 Å². The third-order valence-electron chi connectivity index (χ3n) is 3.32. The summed E-state index contributed by atoms with van der Waals surface area (Å²) in [5.74, 6) is 1.08. The summed E-state index contributed by atoms with van der Waals surface area (Å²) >= 11 is 0. The molecule has 0 aromatic heterocycles. The second-order valence-electron chi connectivity index (χ2n) is 6.80. The van der Waals surface area contributed by atoms with Crippen molar-refractivity contribution in [3.63, 3.8) is 0 Å². The molecule has 0 unspecified atom stereocenters. The molecule has 2 aromatic carbocycles. The minimum Gasteiger partial charge on any atom is -0.452 e. The van der Waals surface area contributed by atoms with Crippen LogP contribution in [0.1, 0.15) is 34.1 Å². The Morgan fingerprint density at radius 3 is 2.00 bits per heavy atom. The summed E-state index contributed by atoms with van der Waals surface area (Å²) in [6.07, 6.45) is 0.730. The van der Waals surface area contributed by atoms with E-state index in [9.17, 15) is 4.79 Å². The first kappa shape index (κ1) is 20.5. The van der Waals surface area contributed by atoms with Crippen molar-refractivity contribution in [2.75, 3.05) is 0 Å². The van der Waals surface area contributed by atoms with Gasteiger partial charge in [-0.15, -0.1) is 0 Å². The van der Waals surface area contributed by atoms with E-state index in [2.05, 4.69) is 32.9 Å². The number of ether oxygens (including phenoxy) is 1. The van der Waals surface area contributed by atoms with E-state index in [-0.39, 0.29) is 62.8 Å². The van der Waals surface area contributed by atoms with Gasteiger partial charge in [-0.1, -0.05) is 68.7 Å². The third-order valence-corrected chi connectivity index (χ3v) is 3.32. The van der Waals surface area contributed by atoms with Crippen LogP contribution in [0, 0.1) is 11.3 Å². The van der Waals surface area contributed by atoms with Crippen molar-refractivity contribution in [3.05, 3.63) is 60.5 Å². The zero-order valence-corrected chi connectivity index (χ0v) is 17.8. The van der Waals surface area contributed by atoms with E-state index in [0.717, 1.165) is 23.5 Å². The Morgan fingerprint density at radius 2 is 1.48 bits per heavy atom. The smallest absolute Gasteiger partial charge is 0.452 e. The fourth-order valence-electron chi connectivity index (χ4n) is 2.41. The minimum atomic E-state index is -0.248.